The molecule has 0 bridgehead atoms. The second-order valence-electron chi connectivity index (χ2n) is 6.11. The van der Waals surface area contributed by atoms with Crippen molar-refractivity contribution in [1.82, 2.24) is 10.2 Å². The lowest BCUT2D eigenvalue weighted by molar-refractivity contribution is -0.130. The maximum Gasteiger partial charge on any atom is 0.237 e. The third kappa shape index (κ3) is 2.24. The summed E-state index contributed by atoms with van der Waals surface area (Å²) in [5.74, 6) is 0.781. The molecule has 1 saturated carbocycles. The van der Waals surface area contributed by atoms with Crippen molar-refractivity contribution in [3.8, 4) is 0 Å². The molecule has 2 fully saturated rings. The van der Waals surface area contributed by atoms with Gasteiger partial charge in [0.25, 0.3) is 0 Å². The molecule has 1 aliphatic heterocycles. The Balaban J connectivity index is 2.03. The zero-order chi connectivity index (χ0) is 11.8. The minimum absolute atomic E-state index is 0.255. The molecule has 1 atom stereocenters. The standard InChI is InChI=1S/C13H24N2O/c1-10(2)12-14-8-11(16)15(12)9-13(3)6-4-5-7-13/h10,12,14H,4-9H2,1-3H3. The minimum atomic E-state index is 0.255. The number of amides is 1. The van der Waals surface area contributed by atoms with Crippen LogP contribution in [0.25, 0.3) is 0 Å². The maximum absolute atomic E-state index is 11.9. The zero-order valence-electron chi connectivity index (χ0n) is 10.8. The van der Waals surface area contributed by atoms with Gasteiger partial charge >= 0.3 is 0 Å². The smallest absolute Gasteiger partial charge is 0.237 e. The molecule has 0 radical (unpaired) electrons. The van der Waals surface area contributed by atoms with Crippen LogP contribution in [0.5, 0.6) is 0 Å². The van der Waals surface area contributed by atoms with Crippen molar-refractivity contribution in [2.45, 2.75) is 52.6 Å². The quantitative estimate of drug-likeness (QED) is 0.795. The number of carbonyl (C=O) groups excluding carboxylic acids is 1. The van der Waals surface area contributed by atoms with E-state index >= 15 is 0 Å². The molecule has 0 aromatic rings. The Bertz CT molecular complexity index is 269. The van der Waals surface area contributed by atoms with Gasteiger partial charge in [0.1, 0.15) is 0 Å². The third-order valence-electron chi connectivity index (χ3n) is 4.11. The Morgan fingerprint density at radius 2 is 2.06 bits per heavy atom. The molecule has 1 unspecified atom stereocenters. The molecule has 2 aliphatic rings. The number of carbonyl (C=O) groups is 1. The van der Waals surface area contributed by atoms with E-state index in [4.69, 9.17) is 0 Å². The van der Waals surface area contributed by atoms with Crippen LogP contribution in [0.2, 0.25) is 0 Å². The SMILES string of the molecule is CC(C)C1NCC(=O)N1CC1(C)CCCC1. The summed E-state index contributed by atoms with van der Waals surface area (Å²) < 4.78 is 0. The van der Waals surface area contributed by atoms with Crippen LogP contribution in [0.3, 0.4) is 0 Å². The van der Waals surface area contributed by atoms with Crippen molar-refractivity contribution >= 4 is 5.91 Å². The van der Waals surface area contributed by atoms with Gasteiger partial charge in [-0.25, -0.2) is 0 Å². The number of nitrogens with one attached hydrogen (secondary N) is 1. The Hall–Kier alpha value is -0.570. The Morgan fingerprint density at radius 3 is 2.62 bits per heavy atom. The molecule has 1 aliphatic carbocycles. The van der Waals surface area contributed by atoms with E-state index in [0.29, 0.717) is 17.9 Å². The predicted octanol–water partition coefficient (Wildman–Crippen LogP) is 1.98. The molecular weight excluding hydrogens is 200 g/mol. The van der Waals surface area contributed by atoms with Gasteiger partial charge in [-0.15, -0.1) is 0 Å². The average molecular weight is 224 g/mol. The lowest BCUT2D eigenvalue weighted by Gasteiger charge is -2.34. The molecule has 0 spiro atoms. The minimum Gasteiger partial charge on any atom is -0.325 e. The summed E-state index contributed by atoms with van der Waals surface area (Å²) in [6, 6.07) is 0. The van der Waals surface area contributed by atoms with Gasteiger partial charge in [0.05, 0.1) is 12.7 Å². The van der Waals surface area contributed by atoms with Crippen LogP contribution < -0.4 is 5.32 Å². The van der Waals surface area contributed by atoms with Crippen LogP contribution in [0.15, 0.2) is 0 Å². The largest absolute Gasteiger partial charge is 0.325 e. The second-order valence-corrected chi connectivity index (χ2v) is 6.11. The van der Waals surface area contributed by atoms with Crippen LogP contribution in [0.4, 0.5) is 0 Å². The molecule has 1 saturated heterocycles. The Morgan fingerprint density at radius 1 is 1.44 bits per heavy atom. The van der Waals surface area contributed by atoms with Crippen LogP contribution in [0, 0.1) is 11.3 Å². The van der Waals surface area contributed by atoms with Gasteiger partial charge in [-0.2, -0.15) is 0 Å². The number of nitrogens with zero attached hydrogens (tertiary/aromatic N) is 1. The first-order chi connectivity index (χ1) is 7.52. The molecule has 3 nitrogen and oxygen atoms in total. The predicted molar refractivity (Wildman–Crippen MR) is 64.9 cm³/mol. The molecule has 92 valence electrons. The highest BCUT2D eigenvalue weighted by Gasteiger charge is 2.38. The fourth-order valence-electron chi connectivity index (χ4n) is 3.14. The molecule has 0 aromatic carbocycles. The topological polar surface area (TPSA) is 32.3 Å². The molecule has 1 heterocycles. The fourth-order valence-corrected chi connectivity index (χ4v) is 3.14. The maximum atomic E-state index is 11.9. The van der Waals surface area contributed by atoms with Crippen LogP contribution in [-0.4, -0.2) is 30.1 Å². The van der Waals surface area contributed by atoms with Crippen molar-refractivity contribution < 1.29 is 4.79 Å². The van der Waals surface area contributed by atoms with E-state index in [1.807, 2.05) is 0 Å². The van der Waals surface area contributed by atoms with Crippen molar-refractivity contribution in [3.63, 3.8) is 0 Å². The van der Waals surface area contributed by atoms with Crippen molar-refractivity contribution in [2.75, 3.05) is 13.1 Å². The van der Waals surface area contributed by atoms with E-state index in [9.17, 15) is 4.79 Å². The summed E-state index contributed by atoms with van der Waals surface area (Å²) in [6.07, 6.45) is 5.48. The number of hydrogen-bond acceptors (Lipinski definition) is 2. The summed E-state index contributed by atoms with van der Waals surface area (Å²) in [6.45, 7) is 8.17. The van der Waals surface area contributed by atoms with Gasteiger partial charge in [0.15, 0.2) is 0 Å². The highest BCUT2D eigenvalue weighted by atomic mass is 16.2. The van der Waals surface area contributed by atoms with E-state index in [-0.39, 0.29) is 12.1 Å². The summed E-state index contributed by atoms with van der Waals surface area (Å²) in [7, 11) is 0. The van der Waals surface area contributed by atoms with Gasteiger partial charge < -0.3 is 4.90 Å². The van der Waals surface area contributed by atoms with Gasteiger partial charge in [-0.3, -0.25) is 10.1 Å². The van der Waals surface area contributed by atoms with E-state index in [0.717, 1.165) is 6.54 Å². The second kappa shape index (κ2) is 4.36. The highest BCUT2D eigenvalue weighted by molar-refractivity contribution is 5.80. The number of rotatable bonds is 3. The van der Waals surface area contributed by atoms with E-state index in [2.05, 4.69) is 31.0 Å². The molecule has 16 heavy (non-hydrogen) atoms. The Labute approximate surface area is 98.6 Å². The lowest BCUT2D eigenvalue weighted by Crippen LogP contribution is -2.45. The summed E-state index contributed by atoms with van der Waals surface area (Å²) in [5.41, 5.74) is 0.370. The highest BCUT2D eigenvalue weighted by Crippen LogP contribution is 2.39. The van der Waals surface area contributed by atoms with Gasteiger partial charge in [-0.1, -0.05) is 33.6 Å². The third-order valence-corrected chi connectivity index (χ3v) is 4.11. The molecule has 0 aromatic heterocycles. The summed E-state index contributed by atoms with van der Waals surface area (Å²) in [5, 5.41) is 3.32. The first-order valence-corrected chi connectivity index (χ1v) is 6.55. The molecule has 2 rings (SSSR count). The van der Waals surface area contributed by atoms with E-state index in [1.165, 1.54) is 25.7 Å². The van der Waals surface area contributed by atoms with Crippen LogP contribution in [0.1, 0.15) is 46.5 Å². The monoisotopic (exact) mass is 224 g/mol. The molecule has 1 amide bonds. The van der Waals surface area contributed by atoms with Crippen LogP contribution >= 0.6 is 0 Å². The normalized spacial score (nSPS) is 29.4. The number of hydrogen-bond donors (Lipinski definition) is 1. The average Bonchev–Trinajstić information content (AvgIpc) is 2.76. The zero-order valence-corrected chi connectivity index (χ0v) is 10.8. The summed E-state index contributed by atoms with van der Waals surface area (Å²) >= 11 is 0. The fraction of sp³-hybridized carbons (Fsp3) is 0.923. The summed E-state index contributed by atoms with van der Waals surface area (Å²) in [4.78, 5) is 14.0. The first kappa shape index (κ1) is 11.9. The lowest BCUT2D eigenvalue weighted by atomic mass is 9.88. The molecule has 1 N–H and O–H groups in total. The van der Waals surface area contributed by atoms with Crippen LogP contribution in [-0.2, 0) is 4.79 Å². The van der Waals surface area contributed by atoms with E-state index in [1.54, 1.807) is 0 Å². The molecule has 3 heteroatoms. The molecular formula is C13H24N2O. The van der Waals surface area contributed by atoms with Crippen molar-refractivity contribution in [2.24, 2.45) is 11.3 Å². The van der Waals surface area contributed by atoms with Gasteiger partial charge in [0, 0.05) is 6.54 Å². The van der Waals surface area contributed by atoms with Gasteiger partial charge in [0.2, 0.25) is 5.91 Å². The van der Waals surface area contributed by atoms with Crippen molar-refractivity contribution in [3.05, 3.63) is 0 Å². The first-order valence-electron chi connectivity index (χ1n) is 6.55. The van der Waals surface area contributed by atoms with Crippen molar-refractivity contribution in [1.29, 1.82) is 0 Å². The van der Waals surface area contributed by atoms with E-state index < -0.39 is 0 Å². The van der Waals surface area contributed by atoms with Gasteiger partial charge in [-0.05, 0) is 24.2 Å². The Kier molecular flexibility index (Phi) is 3.24.